The number of alkyl halides is 3. The summed E-state index contributed by atoms with van der Waals surface area (Å²) in [5, 5.41) is 0. The van der Waals surface area contributed by atoms with Crippen LogP contribution in [0.2, 0.25) is 0 Å². The van der Waals surface area contributed by atoms with Crippen molar-refractivity contribution in [2.75, 3.05) is 46.0 Å². The number of nitrogens with zero attached hydrogens (tertiary/aromatic N) is 2. The van der Waals surface area contributed by atoms with E-state index in [1.54, 1.807) is 26.0 Å². The molecule has 2 rings (SSSR count). The van der Waals surface area contributed by atoms with Gasteiger partial charge >= 0.3 is 12.1 Å². The van der Waals surface area contributed by atoms with Crippen LogP contribution in [0, 0.1) is 0 Å². The van der Waals surface area contributed by atoms with E-state index in [4.69, 9.17) is 14.2 Å². The van der Waals surface area contributed by atoms with Gasteiger partial charge in [0.05, 0.1) is 19.8 Å². The first-order valence-electron chi connectivity index (χ1n) is 9.94. The molecule has 1 aliphatic rings. The Kier molecular flexibility index (Phi) is 8.19. The largest absolute Gasteiger partial charge is 0.490 e. The van der Waals surface area contributed by atoms with Crippen molar-refractivity contribution in [2.24, 2.45) is 0 Å². The molecule has 0 saturated carbocycles. The van der Waals surface area contributed by atoms with Crippen LogP contribution in [0.1, 0.15) is 37.6 Å². The molecule has 1 aromatic rings. The maximum absolute atomic E-state index is 13.1. The van der Waals surface area contributed by atoms with Gasteiger partial charge in [-0.1, -0.05) is 0 Å². The fourth-order valence-corrected chi connectivity index (χ4v) is 3.20. The number of carbonyl (C=O) groups is 2. The second-order valence-corrected chi connectivity index (χ2v) is 6.54. The zero-order valence-electron chi connectivity index (χ0n) is 17.4. The molecular weight excluding hydrogens is 405 g/mol. The van der Waals surface area contributed by atoms with E-state index in [0.717, 1.165) is 4.90 Å². The summed E-state index contributed by atoms with van der Waals surface area (Å²) in [6.07, 6.45) is -4.67. The molecule has 0 aromatic heterocycles. The van der Waals surface area contributed by atoms with Crippen LogP contribution < -0.4 is 14.2 Å². The third-order valence-corrected chi connectivity index (χ3v) is 4.47. The highest BCUT2D eigenvalue weighted by Gasteiger charge is 2.42. The second-order valence-electron chi connectivity index (χ2n) is 6.54. The molecule has 1 aliphatic heterocycles. The molecule has 0 spiro atoms. The number of amides is 2. The molecule has 0 bridgehead atoms. The topological polar surface area (TPSA) is 68.3 Å². The van der Waals surface area contributed by atoms with Crippen LogP contribution in [-0.2, 0) is 4.79 Å². The average molecular weight is 432 g/mol. The normalized spacial score (nSPS) is 14.9. The zero-order chi connectivity index (χ0) is 22.3. The number of hydrogen-bond donors (Lipinski definition) is 0. The lowest BCUT2D eigenvalue weighted by atomic mass is 10.1. The summed E-state index contributed by atoms with van der Waals surface area (Å²) < 4.78 is 55.0. The van der Waals surface area contributed by atoms with Crippen molar-refractivity contribution >= 4 is 11.8 Å². The third-order valence-electron chi connectivity index (χ3n) is 4.47. The van der Waals surface area contributed by atoms with Gasteiger partial charge in [0.25, 0.3) is 5.91 Å². The number of hydrogen-bond acceptors (Lipinski definition) is 5. The Hall–Kier alpha value is -2.65. The molecule has 168 valence electrons. The van der Waals surface area contributed by atoms with Crippen molar-refractivity contribution in [3.05, 3.63) is 17.7 Å². The quantitative estimate of drug-likeness (QED) is 0.662. The van der Waals surface area contributed by atoms with E-state index in [-0.39, 0.29) is 44.1 Å². The van der Waals surface area contributed by atoms with Gasteiger partial charge in [0, 0.05) is 31.7 Å². The number of ether oxygens (including phenoxy) is 3. The smallest absolute Gasteiger partial charge is 0.471 e. The van der Waals surface area contributed by atoms with Crippen LogP contribution in [0.25, 0.3) is 0 Å². The van der Waals surface area contributed by atoms with Gasteiger partial charge in [-0.05, 0) is 39.3 Å². The maximum Gasteiger partial charge on any atom is 0.471 e. The highest BCUT2D eigenvalue weighted by atomic mass is 19.4. The molecule has 1 fully saturated rings. The van der Waals surface area contributed by atoms with Crippen LogP contribution in [0.15, 0.2) is 12.1 Å². The molecule has 0 radical (unpaired) electrons. The minimum absolute atomic E-state index is 0.00179. The monoisotopic (exact) mass is 432 g/mol. The number of benzene rings is 1. The lowest BCUT2D eigenvalue weighted by Crippen LogP contribution is -2.43. The first-order chi connectivity index (χ1) is 14.2. The lowest BCUT2D eigenvalue weighted by Gasteiger charge is -2.23. The number of rotatable bonds is 7. The molecule has 30 heavy (non-hydrogen) atoms. The average Bonchev–Trinajstić information content (AvgIpc) is 2.95. The minimum atomic E-state index is -4.92. The molecule has 0 atom stereocenters. The Morgan fingerprint density at radius 3 is 1.87 bits per heavy atom. The van der Waals surface area contributed by atoms with Crippen LogP contribution in [0.5, 0.6) is 17.2 Å². The maximum atomic E-state index is 13.1. The van der Waals surface area contributed by atoms with Gasteiger partial charge in [-0.2, -0.15) is 13.2 Å². The van der Waals surface area contributed by atoms with Crippen LogP contribution >= 0.6 is 0 Å². The molecule has 1 saturated heterocycles. The summed E-state index contributed by atoms with van der Waals surface area (Å²) in [5.74, 6) is -1.14. The Morgan fingerprint density at radius 2 is 1.37 bits per heavy atom. The Morgan fingerprint density at radius 1 is 0.867 bits per heavy atom. The van der Waals surface area contributed by atoms with E-state index in [0.29, 0.717) is 37.1 Å². The molecule has 1 aromatic carbocycles. The molecule has 1 heterocycles. The van der Waals surface area contributed by atoms with Crippen molar-refractivity contribution in [3.8, 4) is 17.2 Å². The summed E-state index contributed by atoms with van der Waals surface area (Å²) in [7, 11) is 0. The van der Waals surface area contributed by atoms with Gasteiger partial charge in [-0.3, -0.25) is 9.59 Å². The summed E-state index contributed by atoms with van der Waals surface area (Å²) >= 11 is 0. The van der Waals surface area contributed by atoms with Crippen molar-refractivity contribution in [1.29, 1.82) is 0 Å². The van der Waals surface area contributed by atoms with Crippen LogP contribution in [0.4, 0.5) is 13.2 Å². The lowest BCUT2D eigenvalue weighted by molar-refractivity contribution is -0.185. The Balaban J connectivity index is 2.26. The van der Waals surface area contributed by atoms with Gasteiger partial charge in [0.1, 0.15) is 0 Å². The third kappa shape index (κ3) is 5.70. The SMILES string of the molecule is CCOc1cc(C(=O)N2CCCN(C(=O)C(F)(F)F)CC2)cc(OCC)c1OCC. The van der Waals surface area contributed by atoms with Crippen molar-refractivity contribution in [3.63, 3.8) is 0 Å². The molecule has 10 heteroatoms. The van der Waals surface area contributed by atoms with E-state index in [1.807, 2.05) is 6.92 Å². The number of halogens is 3. The first-order valence-corrected chi connectivity index (χ1v) is 9.94. The second kappa shape index (κ2) is 10.4. The molecular formula is C20H27F3N2O5. The van der Waals surface area contributed by atoms with Gasteiger partial charge in [-0.25, -0.2) is 0 Å². The van der Waals surface area contributed by atoms with E-state index < -0.39 is 12.1 Å². The molecule has 2 amide bonds. The van der Waals surface area contributed by atoms with Crippen molar-refractivity contribution in [1.82, 2.24) is 9.80 Å². The van der Waals surface area contributed by atoms with E-state index in [1.165, 1.54) is 4.90 Å². The summed E-state index contributed by atoms with van der Waals surface area (Å²) in [6, 6.07) is 3.09. The van der Waals surface area contributed by atoms with Crippen LogP contribution in [0.3, 0.4) is 0 Å². The summed E-state index contributed by atoms with van der Waals surface area (Å²) in [4.78, 5) is 26.7. The van der Waals surface area contributed by atoms with Gasteiger partial charge in [0.15, 0.2) is 11.5 Å². The molecule has 0 N–H and O–H groups in total. The fourth-order valence-electron chi connectivity index (χ4n) is 3.20. The standard InChI is InChI=1S/C20H27F3N2O5/c1-4-28-15-12-14(13-16(29-5-2)17(15)30-6-3)18(26)24-8-7-9-25(11-10-24)19(27)20(21,22)23/h12-13H,4-11H2,1-3H3. The van der Waals surface area contributed by atoms with Crippen molar-refractivity contribution in [2.45, 2.75) is 33.4 Å². The van der Waals surface area contributed by atoms with Crippen molar-refractivity contribution < 1.29 is 37.0 Å². The molecule has 7 nitrogen and oxygen atoms in total. The highest BCUT2D eigenvalue weighted by Crippen LogP contribution is 2.39. The molecule has 0 aliphatic carbocycles. The van der Waals surface area contributed by atoms with E-state index >= 15 is 0 Å². The van der Waals surface area contributed by atoms with E-state index in [9.17, 15) is 22.8 Å². The predicted octanol–water partition coefficient (Wildman–Crippen LogP) is 3.12. The predicted molar refractivity (Wildman–Crippen MR) is 103 cm³/mol. The molecule has 0 unspecified atom stereocenters. The van der Waals surface area contributed by atoms with Gasteiger partial charge < -0.3 is 24.0 Å². The first kappa shape index (κ1) is 23.6. The highest BCUT2D eigenvalue weighted by molar-refractivity contribution is 5.95. The van der Waals surface area contributed by atoms with Gasteiger partial charge in [0.2, 0.25) is 5.75 Å². The van der Waals surface area contributed by atoms with Gasteiger partial charge in [-0.15, -0.1) is 0 Å². The Labute approximate surface area is 173 Å². The van der Waals surface area contributed by atoms with E-state index in [2.05, 4.69) is 0 Å². The fraction of sp³-hybridized carbons (Fsp3) is 0.600. The summed E-state index contributed by atoms with van der Waals surface area (Å²) in [6.45, 7) is 6.49. The Bertz CT molecular complexity index is 727. The zero-order valence-corrected chi connectivity index (χ0v) is 17.4. The van der Waals surface area contributed by atoms with Crippen LogP contribution in [-0.4, -0.2) is 73.8 Å². The number of carbonyl (C=O) groups excluding carboxylic acids is 2. The minimum Gasteiger partial charge on any atom is -0.490 e. The summed E-state index contributed by atoms with van der Waals surface area (Å²) in [5.41, 5.74) is 0.279.